The minimum absolute atomic E-state index is 0.0662. The lowest BCUT2D eigenvalue weighted by atomic mass is 9.75. The summed E-state index contributed by atoms with van der Waals surface area (Å²) in [5, 5.41) is 0. The molecular weight excluding hydrogens is 360 g/mol. The van der Waals surface area contributed by atoms with E-state index in [1.165, 1.54) is 19.5 Å². The van der Waals surface area contributed by atoms with Crippen LogP contribution in [0.1, 0.15) is 50.8 Å². The minimum atomic E-state index is 0.0662. The van der Waals surface area contributed by atoms with Gasteiger partial charge in [0.1, 0.15) is 5.82 Å². The van der Waals surface area contributed by atoms with E-state index in [4.69, 9.17) is 4.98 Å². The molecule has 0 bridgehead atoms. The van der Waals surface area contributed by atoms with E-state index in [0.717, 1.165) is 61.4 Å². The predicted molar refractivity (Wildman–Crippen MR) is 116 cm³/mol. The number of hydrogen-bond donors (Lipinski definition) is 1. The largest absolute Gasteiger partial charge is 0.306 e. The van der Waals surface area contributed by atoms with Crippen molar-refractivity contribution in [3.63, 3.8) is 0 Å². The third kappa shape index (κ3) is 3.34. The molecule has 1 aliphatic carbocycles. The van der Waals surface area contributed by atoms with Crippen molar-refractivity contribution in [1.82, 2.24) is 19.8 Å². The van der Waals surface area contributed by atoms with Crippen LogP contribution in [0, 0.1) is 0 Å². The van der Waals surface area contributed by atoms with Crippen LogP contribution in [-0.4, -0.2) is 58.0 Å². The van der Waals surface area contributed by atoms with E-state index in [1.54, 1.807) is 0 Å². The molecule has 5 heteroatoms. The van der Waals surface area contributed by atoms with Gasteiger partial charge in [-0.1, -0.05) is 30.3 Å². The Labute approximate surface area is 173 Å². The molecule has 1 atom stereocenters. The van der Waals surface area contributed by atoms with Crippen LogP contribution >= 0.6 is 0 Å². The van der Waals surface area contributed by atoms with E-state index in [-0.39, 0.29) is 11.0 Å². The second-order valence-electron chi connectivity index (χ2n) is 9.46. The van der Waals surface area contributed by atoms with Gasteiger partial charge < -0.3 is 4.98 Å². The van der Waals surface area contributed by atoms with Gasteiger partial charge in [-0.25, -0.2) is 4.98 Å². The molecule has 2 aromatic rings. The lowest BCUT2D eigenvalue weighted by molar-refractivity contribution is 0.111. The normalized spacial score (nSPS) is 24.4. The summed E-state index contributed by atoms with van der Waals surface area (Å²) in [6.07, 6.45) is 5.49. The summed E-state index contributed by atoms with van der Waals surface area (Å²) in [6, 6.07) is 11.4. The number of benzene rings is 1. The Morgan fingerprint density at radius 3 is 2.55 bits per heavy atom. The van der Waals surface area contributed by atoms with Gasteiger partial charge in [-0.05, 0) is 59.0 Å². The molecule has 2 fully saturated rings. The summed E-state index contributed by atoms with van der Waals surface area (Å²) in [5.74, 6) is 0.724. The molecule has 2 saturated heterocycles. The second-order valence-corrected chi connectivity index (χ2v) is 9.46. The highest BCUT2D eigenvalue weighted by atomic mass is 16.1. The van der Waals surface area contributed by atoms with E-state index in [2.05, 4.69) is 28.6 Å². The number of nitrogens with one attached hydrogen (secondary N) is 1. The Bertz CT molecular complexity index is 928. The van der Waals surface area contributed by atoms with Crippen molar-refractivity contribution < 1.29 is 0 Å². The van der Waals surface area contributed by atoms with Crippen LogP contribution in [0.4, 0.5) is 0 Å². The maximum Gasteiger partial charge on any atom is 0.254 e. The van der Waals surface area contributed by atoms with Gasteiger partial charge in [0.2, 0.25) is 0 Å². The molecule has 1 aromatic carbocycles. The van der Waals surface area contributed by atoms with E-state index < -0.39 is 0 Å². The zero-order valence-corrected chi connectivity index (χ0v) is 17.7. The maximum atomic E-state index is 12.8. The van der Waals surface area contributed by atoms with Crippen LogP contribution in [-0.2, 0) is 11.8 Å². The number of hydrogen-bond acceptors (Lipinski definition) is 4. The van der Waals surface area contributed by atoms with Crippen LogP contribution in [0.2, 0.25) is 0 Å². The van der Waals surface area contributed by atoms with Crippen molar-refractivity contribution >= 4 is 0 Å². The number of rotatable bonds is 3. The molecule has 1 spiro atoms. The molecule has 0 radical (unpaired) electrons. The second kappa shape index (κ2) is 7.37. The van der Waals surface area contributed by atoms with Gasteiger partial charge in [0.05, 0.1) is 5.69 Å². The number of nitrogens with zero attached hydrogens (tertiary/aromatic N) is 3. The Morgan fingerprint density at radius 1 is 1.10 bits per heavy atom. The molecule has 0 saturated carbocycles. The average Bonchev–Trinajstić information content (AvgIpc) is 3.36. The van der Waals surface area contributed by atoms with Gasteiger partial charge >= 0.3 is 0 Å². The fourth-order valence-corrected chi connectivity index (χ4v) is 5.72. The number of fused-ring (bicyclic) bond motifs is 2. The minimum Gasteiger partial charge on any atom is -0.306 e. The quantitative estimate of drug-likeness (QED) is 0.872. The summed E-state index contributed by atoms with van der Waals surface area (Å²) in [4.78, 5) is 26.2. The third-order valence-corrected chi connectivity index (χ3v) is 7.62. The highest BCUT2D eigenvalue weighted by Gasteiger charge is 2.45. The Morgan fingerprint density at radius 2 is 1.86 bits per heavy atom. The Hall–Kier alpha value is -1.98. The monoisotopic (exact) mass is 392 g/mol. The molecule has 5 rings (SSSR count). The molecular formula is C24H32N4O. The number of H-pyrrole nitrogens is 1. The zero-order valence-electron chi connectivity index (χ0n) is 17.7. The number of piperidine rings is 1. The van der Waals surface area contributed by atoms with Crippen molar-refractivity contribution in [3.05, 3.63) is 51.9 Å². The molecule has 1 unspecified atom stereocenters. The molecule has 0 amide bonds. The maximum absolute atomic E-state index is 12.8. The van der Waals surface area contributed by atoms with Crippen molar-refractivity contribution in [1.29, 1.82) is 0 Å². The summed E-state index contributed by atoms with van der Waals surface area (Å²) >= 11 is 0. The summed E-state index contributed by atoms with van der Waals surface area (Å²) < 4.78 is 0. The van der Waals surface area contributed by atoms with Crippen molar-refractivity contribution in [2.45, 2.75) is 63.5 Å². The molecule has 1 N–H and O–H groups in total. The van der Waals surface area contributed by atoms with Crippen LogP contribution in [0.5, 0.6) is 0 Å². The van der Waals surface area contributed by atoms with Crippen LogP contribution in [0.25, 0.3) is 11.4 Å². The first-order valence-corrected chi connectivity index (χ1v) is 11.2. The van der Waals surface area contributed by atoms with Gasteiger partial charge in [-0.15, -0.1) is 0 Å². The number of likely N-dealkylation sites (tertiary alicyclic amines) is 2. The summed E-state index contributed by atoms with van der Waals surface area (Å²) in [6.45, 7) is 9.30. The first kappa shape index (κ1) is 19.0. The number of aromatic amines is 1. The highest BCUT2D eigenvalue weighted by molar-refractivity contribution is 5.55. The molecule has 5 nitrogen and oxygen atoms in total. The van der Waals surface area contributed by atoms with Crippen molar-refractivity contribution in [2.75, 3.05) is 26.2 Å². The first-order chi connectivity index (χ1) is 14.1. The molecule has 2 aliphatic heterocycles. The molecule has 3 aliphatic rings. The topological polar surface area (TPSA) is 52.2 Å². The van der Waals surface area contributed by atoms with Gasteiger partial charge in [-0.2, -0.15) is 0 Å². The Kier molecular flexibility index (Phi) is 4.83. The first-order valence-electron chi connectivity index (χ1n) is 11.2. The number of aromatic nitrogens is 2. The van der Waals surface area contributed by atoms with Gasteiger partial charge in [0.15, 0.2) is 0 Å². The highest BCUT2D eigenvalue weighted by Crippen LogP contribution is 2.45. The van der Waals surface area contributed by atoms with E-state index in [0.29, 0.717) is 12.1 Å². The molecule has 154 valence electrons. The molecule has 1 aromatic heterocycles. The lowest BCUT2D eigenvalue weighted by Crippen LogP contribution is -2.47. The summed E-state index contributed by atoms with van der Waals surface area (Å²) in [5.41, 5.74) is 3.18. The summed E-state index contributed by atoms with van der Waals surface area (Å²) in [7, 11) is 0. The SMILES string of the molecule is CC(C)N1CCC(N2CCC3(CCc4c3nc(-c3ccccc3)[nH]c4=O)CC2)C1. The van der Waals surface area contributed by atoms with Gasteiger partial charge in [0.25, 0.3) is 5.56 Å². The van der Waals surface area contributed by atoms with Gasteiger partial charge in [0, 0.05) is 41.7 Å². The fraction of sp³-hybridized carbons (Fsp3) is 0.583. The van der Waals surface area contributed by atoms with Crippen LogP contribution < -0.4 is 5.56 Å². The van der Waals surface area contributed by atoms with Gasteiger partial charge in [-0.3, -0.25) is 14.6 Å². The van der Waals surface area contributed by atoms with E-state index in [9.17, 15) is 4.79 Å². The van der Waals surface area contributed by atoms with Crippen LogP contribution in [0.3, 0.4) is 0 Å². The van der Waals surface area contributed by atoms with Crippen molar-refractivity contribution in [3.8, 4) is 11.4 Å². The van der Waals surface area contributed by atoms with E-state index >= 15 is 0 Å². The van der Waals surface area contributed by atoms with E-state index in [1.807, 2.05) is 30.3 Å². The molecule has 29 heavy (non-hydrogen) atoms. The standard InChI is InChI=1S/C24H32N4O/c1-17(2)28-13-9-19(16-28)27-14-11-24(12-15-27)10-8-20-21(24)25-22(26-23(20)29)18-6-4-3-5-7-18/h3-7,17,19H,8-16H2,1-2H3,(H,25,26,29). The molecule has 3 heterocycles. The van der Waals surface area contributed by atoms with Crippen LogP contribution in [0.15, 0.2) is 35.1 Å². The zero-order chi connectivity index (χ0) is 20.0. The predicted octanol–water partition coefficient (Wildman–Crippen LogP) is 3.20. The third-order valence-electron chi connectivity index (χ3n) is 7.62. The smallest absolute Gasteiger partial charge is 0.254 e. The Balaban J connectivity index is 1.37. The lowest BCUT2D eigenvalue weighted by Gasteiger charge is -2.42. The fourth-order valence-electron chi connectivity index (χ4n) is 5.72. The van der Waals surface area contributed by atoms with Crippen molar-refractivity contribution in [2.24, 2.45) is 0 Å². The average molecular weight is 393 g/mol.